The summed E-state index contributed by atoms with van der Waals surface area (Å²) in [5.41, 5.74) is 8.75. The molecule has 0 fully saturated rings. The summed E-state index contributed by atoms with van der Waals surface area (Å²) < 4.78 is 0. The van der Waals surface area contributed by atoms with Crippen molar-refractivity contribution in [2.24, 2.45) is 11.8 Å². The Kier molecular flexibility index (Phi) is 14.9. The fourth-order valence-electron chi connectivity index (χ4n) is 6.80. The van der Waals surface area contributed by atoms with Crippen LogP contribution in [0.3, 0.4) is 0 Å². The molecule has 2 heteroatoms. The number of hydrogen-bond donors (Lipinski definition) is 2. The van der Waals surface area contributed by atoms with Crippen molar-refractivity contribution < 1.29 is 10.2 Å². The Labute approximate surface area is 286 Å². The summed E-state index contributed by atoms with van der Waals surface area (Å²) in [4.78, 5) is 0. The molecule has 252 valence electrons. The summed E-state index contributed by atoms with van der Waals surface area (Å²) in [6, 6.07) is 29.7. The Hall–Kier alpha value is -3.52. The van der Waals surface area contributed by atoms with Gasteiger partial charge in [-0.3, -0.25) is 0 Å². The third-order valence-corrected chi connectivity index (χ3v) is 9.50. The average molecular weight is 633 g/mol. The molecular weight excluding hydrogens is 572 g/mol. The molecule has 2 nitrogen and oxygen atoms in total. The van der Waals surface area contributed by atoms with Crippen LogP contribution in [0.25, 0.3) is 0 Å². The molecule has 0 spiro atoms. The molecule has 0 aliphatic carbocycles. The van der Waals surface area contributed by atoms with E-state index in [0.717, 1.165) is 59.8 Å². The van der Waals surface area contributed by atoms with Gasteiger partial charge in [-0.05, 0) is 82.0 Å². The number of aromatic hydroxyl groups is 2. The molecule has 0 saturated carbocycles. The standard InChI is InChI=1S/C45H60O2/c1-34(2)19-11-5-7-13-25-38-29-40(27-36-21-15-9-16-22-36)44(46)42(31-38)33-43-32-39(26-14-8-6-12-20-35(3)4)30-41(45(43)47)28-37-23-17-10-18-24-37/h9-10,15-18,21-24,29-32,34-35,46-47H,5-8,11-14,19-20,25-28,33H2,1-4H3. The quantitative estimate of drug-likeness (QED) is 0.0952. The summed E-state index contributed by atoms with van der Waals surface area (Å²) >= 11 is 0. The maximum Gasteiger partial charge on any atom is 0.122 e. The SMILES string of the molecule is CC(C)CCCCCCc1cc(Cc2ccccc2)c(O)c(Cc2cc(CCCCCCC(C)C)cc(Cc3ccccc3)c2O)c1. The van der Waals surface area contributed by atoms with Gasteiger partial charge in [0, 0.05) is 19.3 Å². The summed E-state index contributed by atoms with van der Waals surface area (Å²) in [5.74, 6) is 2.28. The van der Waals surface area contributed by atoms with E-state index in [0.29, 0.717) is 30.8 Å². The van der Waals surface area contributed by atoms with Gasteiger partial charge < -0.3 is 10.2 Å². The molecule has 0 bridgehead atoms. The first-order chi connectivity index (χ1) is 22.8. The number of phenols is 2. The average Bonchev–Trinajstić information content (AvgIpc) is 3.05. The third-order valence-electron chi connectivity index (χ3n) is 9.50. The van der Waals surface area contributed by atoms with Crippen LogP contribution < -0.4 is 0 Å². The molecule has 4 aromatic rings. The van der Waals surface area contributed by atoms with Gasteiger partial charge in [0.2, 0.25) is 0 Å². The van der Waals surface area contributed by atoms with Crippen LogP contribution >= 0.6 is 0 Å². The highest BCUT2D eigenvalue weighted by atomic mass is 16.3. The molecule has 0 amide bonds. The minimum absolute atomic E-state index is 0.370. The number of benzene rings is 4. The highest BCUT2D eigenvalue weighted by Crippen LogP contribution is 2.35. The molecule has 47 heavy (non-hydrogen) atoms. The van der Waals surface area contributed by atoms with Crippen LogP contribution in [0.5, 0.6) is 11.5 Å². The Morgan fingerprint density at radius 2 is 0.745 bits per heavy atom. The van der Waals surface area contributed by atoms with Crippen LogP contribution in [-0.2, 0) is 32.1 Å². The smallest absolute Gasteiger partial charge is 0.122 e. The fraction of sp³-hybridized carbons (Fsp3) is 0.467. The summed E-state index contributed by atoms with van der Waals surface area (Å²) in [6.07, 6.45) is 16.5. The first kappa shape index (κ1) is 36.3. The van der Waals surface area contributed by atoms with Crippen LogP contribution in [0.4, 0.5) is 0 Å². The van der Waals surface area contributed by atoms with E-state index < -0.39 is 0 Å². The van der Waals surface area contributed by atoms with E-state index >= 15 is 0 Å². The second-order valence-electron chi connectivity index (χ2n) is 14.7. The Bertz CT molecular complexity index is 1360. The van der Waals surface area contributed by atoms with Crippen molar-refractivity contribution in [3.05, 3.63) is 129 Å². The molecule has 4 aromatic carbocycles. The first-order valence-corrected chi connectivity index (χ1v) is 18.5. The van der Waals surface area contributed by atoms with E-state index in [1.165, 1.54) is 73.6 Å². The molecule has 0 heterocycles. The van der Waals surface area contributed by atoms with Crippen molar-refractivity contribution in [3.8, 4) is 11.5 Å². The Balaban J connectivity index is 1.59. The highest BCUT2D eigenvalue weighted by molar-refractivity contribution is 5.52. The minimum Gasteiger partial charge on any atom is -0.507 e. The number of hydrogen-bond acceptors (Lipinski definition) is 2. The van der Waals surface area contributed by atoms with E-state index in [1.54, 1.807) is 0 Å². The van der Waals surface area contributed by atoms with Crippen molar-refractivity contribution in [3.63, 3.8) is 0 Å². The lowest BCUT2D eigenvalue weighted by Crippen LogP contribution is -2.01. The van der Waals surface area contributed by atoms with Gasteiger partial charge in [-0.15, -0.1) is 0 Å². The van der Waals surface area contributed by atoms with Gasteiger partial charge in [-0.25, -0.2) is 0 Å². The van der Waals surface area contributed by atoms with Crippen molar-refractivity contribution in [2.45, 2.75) is 124 Å². The van der Waals surface area contributed by atoms with Crippen molar-refractivity contribution in [1.29, 1.82) is 0 Å². The molecule has 0 aliphatic rings. The first-order valence-electron chi connectivity index (χ1n) is 18.5. The molecule has 0 aliphatic heterocycles. The molecule has 0 unspecified atom stereocenters. The zero-order chi connectivity index (χ0) is 33.4. The minimum atomic E-state index is 0.370. The predicted octanol–water partition coefficient (Wildman–Crippen LogP) is 12.2. The zero-order valence-corrected chi connectivity index (χ0v) is 29.7. The van der Waals surface area contributed by atoms with E-state index in [-0.39, 0.29) is 0 Å². The lowest BCUT2D eigenvalue weighted by atomic mass is 9.90. The molecule has 0 aromatic heterocycles. The van der Waals surface area contributed by atoms with Gasteiger partial charge in [0.1, 0.15) is 11.5 Å². The van der Waals surface area contributed by atoms with Crippen molar-refractivity contribution >= 4 is 0 Å². The van der Waals surface area contributed by atoms with E-state index in [1.807, 2.05) is 12.1 Å². The molecular formula is C45H60O2. The maximum absolute atomic E-state index is 11.7. The number of phenolic OH excluding ortho intramolecular Hbond substituents is 2. The van der Waals surface area contributed by atoms with Crippen LogP contribution in [0.15, 0.2) is 84.9 Å². The second kappa shape index (κ2) is 19.3. The number of rotatable bonds is 20. The Morgan fingerprint density at radius 1 is 0.404 bits per heavy atom. The van der Waals surface area contributed by atoms with Crippen LogP contribution in [-0.4, -0.2) is 10.2 Å². The van der Waals surface area contributed by atoms with Crippen molar-refractivity contribution in [2.75, 3.05) is 0 Å². The summed E-state index contributed by atoms with van der Waals surface area (Å²) in [6.45, 7) is 9.22. The Morgan fingerprint density at radius 3 is 1.11 bits per heavy atom. The second-order valence-corrected chi connectivity index (χ2v) is 14.7. The molecule has 4 rings (SSSR count). The fourth-order valence-corrected chi connectivity index (χ4v) is 6.80. The maximum atomic E-state index is 11.7. The van der Waals surface area contributed by atoms with Crippen LogP contribution in [0.1, 0.15) is 136 Å². The van der Waals surface area contributed by atoms with Crippen LogP contribution in [0.2, 0.25) is 0 Å². The zero-order valence-electron chi connectivity index (χ0n) is 29.7. The molecule has 0 saturated heterocycles. The van der Waals surface area contributed by atoms with Gasteiger partial charge in [0.15, 0.2) is 0 Å². The number of aryl methyl sites for hydroxylation is 2. The van der Waals surface area contributed by atoms with Gasteiger partial charge >= 0.3 is 0 Å². The molecule has 0 atom stereocenters. The lowest BCUT2D eigenvalue weighted by Gasteiger charge is -2.17. The largest absolute Gasteiger partial charge is 0.507 e. The third kappa shape index (κ3) is 12.5. The summed E-state index contributed by atoms with van der Waals surface area (Å²) in [5, 5.41) is 23.4. The topological polar surface area (TPSA) is 40.5 Å². The van der Waals surface area contributed by atoms with E-state index in [4.69, 9.17) is 0 Å². The van der Waals surface area contributed by atoms with Crippen LogP contribution in [0, 0.1) is 11.8 Å². The summed E-state index contributed by atoms with van der Waals surface area (Å²) in [7, 11) is 0. The normalized spacial score (nSPS) is 11.5. The molecule has 0 radical (unpaired) electrons. The lowest BCUT2D eigenvalue weighted by molar-refractivity contribution is 0.456. The van der Waals surface area contributed by atoms with Gasteiger partial charge in [-0.1, -0.05) is 164 Å². The van der Waals surface area contributed by atoms with Gasteiger partial charge in [0.25, 0.3) is 0 Å². The van der Waals surface area contributed by atoms with E-state index in [9.17, 15) is 10.2 Å². The van der Waals surface area contributed by atoms with Crippen molar-refractivity contribution in [1.82, 2.24) is 0 Å². The highest BCUT2D eigenvalue weighted by Gasteiger charge is 2.17. The van der Waals surface area contributed by atoms with E-state index in [2.05, 4.69) is 100 Å². The monoisotopic (exact) mass is 632 g/mol. The number of unbranched alkanes of at least 4 members (excludes halogenated alkanes) is 6. The van der Waals surface area contributed by atoms with Gasteiger partial charge in [0.05, 0.1) is 0 Å². The molecule has 2 N–H and O–H groups in total. The predicted molar refractivity (Wildman–Crippen MR) is 201 cm³/mol. The van der Waals surface area contributed by atoms with Gasteiger partial charge in [-0.2, -0.15) is 0 Å².